The third-order valence-electron chi connectivity index (χ3n) is 5.66. The fraction of sp³-hybridized carbons (Fsp3) is 0.346. The van der Waals surface area contributed by atoms with Crippen molar-refractivity contribution in [3.05, 3.63) is 82.8 Å². The summed E-state index contributed by atoms with van der Waals surface area (Å²) in [6, 6.07) is 14.1. The van der Waals surface area contributed by atoms with Crippen molar-refractivity contribution in [2.45, 2.75) is 45.4 Å². The molecular weight excluding hydrogens is 438 g/mol. The molecule has 0 N–H and O–H groups in total. The molecule has 2 aromatic carbocycles. The van der Waals surface area contributed by atoms with Gasteiger partial charge in [-0.3, -0.25) is 9.10 Å². The summed E-state index contributed by atoms with van der Waals surface area (Å²) in [6.45, 7) is 9.27. The van der Waals surface area contributed by atoms with E-state index in [-0.39, 0.29) is 4.90 Å². The average molecular weight is 470 g/mol. The second kappa shape index (κ2) is 9.06. The van der Waals surface area contributed by atoms with Gasteiger partial charge in [0, 0.05) is 19.7 Å². The highest BCUT2D eigenvalue weighted by atomic mass is 32.2. The average Bonchev–Trinajstić information content (AvgIpc) is 3.12. The van der Waals surface area contributed by atoms with E-state index in [1.807, 2.05) is 52.0 Å². The minimum Gasteiger partial charge on any atom is -0.497 e. The van der Waals surface area contributed by atoms with Gasteiger partial charge in [-0.2, -0.15) is 0 Å². The number of benzene rings is 2. The number of nitrogens with zero attached hydrogens (tertiary/aromatic N) is 1. The Bertz CT molecular complexity index is 1200. The minimum absolute atomic E-state index is 0.200. The first-order chi connectivity index (χ1) is 15.4. The molecule has 0 aliphatic heterocycles. The number of esters is 1. The molecule has 0 amide bonds. The lowest BCUT2D eigenvalue weighted by Gasteiger charge is -2.31. The van der Waals surface area contributed by atoms with E-state index >= 15 is 0 Å². The van der Waals surface area contributed by atoms with E-state index in [2.05, 4.69) is 0 Å². The van der Waals surface area contributed by atoms with Crippen molar-refractivity contribution in [2.75, 3.05) is 14.2 Å². The number of carbonyl (C=O) groups is 1. The Hall–Kier alpha value is -3.06. The quantitative estimate of drug-likeness (QED) is 0.546. The van der Waals surface area contributed by atoms with Crippen LogP contribution in [0.3, 0.4) is 0 Å². The molecule has 0 aromatic heterocycles. The second-order valence-electron chi connectivity index (χ2n) is 9.18. The highest BCUT2D eigenvalue weighted by molar-refractivity contribution is 7.89. The Morgan fingerprint density at radius 1 is 1.00 bits per heavy atom. The molecule has 3 rings (SSSR count). The molecule has 1 atom stereocenters. The number of ether oxygens (including phenoxy) is 2. The van der Waals surface area contributed by atoms with Gasteiger partial charge in [0.05, 0.1) is 17.9 Å². The van der Waals surface area contributed by atoms with Gasteiger partial charge in [-0.15, -0.1) is 0 Å². The van der Waals surface area contributed by atoms with Gasteiger partial charge in [-0.05, 0) is 53.8 Å². The van der Waals surface area contributed by atoms with Crippen molar-refractivity contribution < 1.29 is 22.7 Å². The molecule has 1 aliphatic carbocycles. The van der Waals surface area contributed by atoms with Crippen LogP contribution in [-0.2, 0) is 19.6 Å². The lowest BCUT2D eigenvalue weighted by molar-refractivity contribution is -0.137. The third kappa shape index (κ3) is 4.98. The first-order valence-electron chi connectivity index (χ1n) is 10.7. The zero-order chi connectivity index (χ0) is 24.6. The van der Waals surface area contributed by atoms with Gasteiger partial charge in [0.2, 0.25) is 0 Å². The van der Waals surface area contributed by atoms with E-state index in [4.69, 9.17) is 9.47 Å². The topological polar surface area (TPSA) is 72.9 Å². The van der Waals surface area contributed by atoms with Gasteiger partial charge in [-0.25, -0.2) is 8.42 Å². The van der Waals surface area contributed by atoms with Gasteiger partial charge in [0.25, 0.3) is 10.0 Å². The highest BCUT2D eigenvalue weighted by Gasteiger charge is 2.41. The highest BCUT2D eigenvalue weighted by Crippen LogP contribution is 2.48. The molecular formula is C26H31NO5S. The summed E-state index contributed by atoms with van der Waals surface area (Å²) in [5.41, 5.74) is 2.71. The van der Waals surface area contributed by atoms with Crippen LogP contribution < -0.4 is 4.74 Å². The van der Waals surface area contributed by atoms with Gasteiger partial charge >= 0.3 is 5.97 Å². The molecule has 1 unspecified atom stereocenters. The number of hydrogen-bond donors (Lipinski definition) is 0. The Kier molecular flexibility index (Phi) is 6.75. The summed E-state index contributed by atoms with van der Waals surface area (Å²) in [5, 5.41) is 0. The minimum atomic E-state index is -3.86. The standard InChI is InChI=1S/C26H31NO5S/c1-17-8-14-21(15-9-17)33(29,30)27(6)25-22(26(3,4)5)16-23(32-18(2)28)24(25)19-10-12-20(31-7)13-11-19/h8-16,24H,1-7H3. The Labute approximate surface area is 196 Å². The summed E-state index contributed by atoms with van der Waals surface area (Å²) in [4.78, 5) is 12.1. The fourth-order valence-electron chi connectivity index (χ4n) is 3.91. The molecule has 1 aliphatic rings. The molecule has 0 heterocycles. The van der Waals surface area contributed by atoms with Gasteiger partial charge in [-0.1, -0.05) is 50.6 Å². The third-order valence-corrected chi connectivity index (χ3v) is 7.44. The molecule has 0 bridgehead atoms. The number of hydrogen-bond acceptors (Lipinski definition) is 5. The number of carbonyl (C=O) groups excluding carboxylic acids is 1. The van der Waals surface area contributed by atoms with E-state index in [1.54, 1.807) is 44.5 Å². The fourth-order valence-corrected chi connectivity index (χ4v) is 5.17. The van der Waals surface area contributed by atoms with Crippen LogP contribution in [0.1, 0.15) is 44.7 Å². The number of allylic oxidation sites excluding steroid dienone is 2. The van der Waals surface area contributed by atoms with Crippen LogP contribution in [-0.4, -0.2) is 32.8 Å². The van der Waals surface area contributed by atoms with Crippen molar-refractivity contribution in [3.8, 4) is 5.75 Å². The summed E-state index contributed by atoms with van der Waals surface area (Å²) in [7, 11) is -0.725. The number of rotatable bonds is 6. The number of sulfonamides is 1. The van der Waals surface area contributed by atoms with E-state index in [0.717, 1.165) is 16.7 Å². The van der Waals surface area contributed by atoms with Crippen LogP contribution in [0.25, 0.3) is 0 Å². The zero-order valence-electron chi connectivity index (χ0n) is 20.2. The number of aryl methyl sites for hydroxylation is 1. The van der Waals surface area contributed by atoms with Gasteiger partial charge < -0.3 is 9.47 Å². The van der Waals surface area contributed by atoms with Crippen molar-refractivity contribution in [1.82, 2.24) is 4.31 Å². The summed E-state index contributed by atoms with van der Waals surface area (Å²) in [5.74, 6) is 0.0492. The summed E-state index contributed by atoms with van der Waals surface area (Å²) < 4.78 is 39.5. The zero-order valence-corrected chi connectivity index (χ0v) is 21.0. The lowest BCUT2D eigenvalue weighted by atomic mass is 9.85. The van der Waals surface area contributed by atoms with Crippen LogP contribution in [0.15, 0.2) is 76.5 Å². The van der Waals surface area contributed by atoms with Crippen LogP contribution in [0.5, 0.6) is 5.75 Å². The normalized spacial score (nSPS) is 16.5. The Morgan fingerprint density at radius 3 is 2.06 bits per heavy atom. The molecule has 176 valence electrons. The molecule has 0 saturated carbocycles. The lowest BCUT2D eigenvalue weighted by Crippen LogP contribution is -2.31. The van der Waals surface area contributed by atoms with E-state index in [1.165, 1.54) is 11.2 Å². The molecule has 7 heteroatoms. The van der Waals surface area contributed by atoms with Crippen LogP contribution in [0, 0.1) is 12.3 Å². The smallest absolute Gasteiger partial charge is 0.307 e. The molecule has 0 spiro atoms. The molecule has 6 nitrogen and oxygen atoms in total. The first kappa shape index (κ1) is 24.6. The largest absolute Gasteiger partial charge is 0.497 e. The molecule has 0 radical (unpaired) electrons. The van der Waals surface area contributed by atoms with Gasteiger partial charge in [0.15, 0.2) is 0 Å². The van der Waals surface area contributed by atoms with Gasteiger partial charge in [0.1, 0.15) is 11.5 Å². The predicted octanol–water partition coefficient (Wildman–Crippen LogP) is 5.17. The first-order valence-corrected chi connectivity index (χ1v) is 12.1. The predicted molar refractivity (Wildman–Crippen MR) is 128 cm³/mol. The van der Waals surface area contributed by atoms with Crippen LogP contribution in [0.4, 0.5) is 0 Å². The van der Waals surface area contributed by atoms with Crippen molar-refractivity contribution in [3.63, 3.8) is 0 Å². The Balaban J connectivity index is 2.21. The second-order valence-corrected chi connectivity index (χ2v) is 11.2. The molecule has 2 aromatic rings. The molecule has 0 fully saturated rings. The maximum absolute atomic E-state index is 13.7. The molecule has 0 saturated heterocycles. The monoisotopic (exact) mass is 469 g/mol. The Morgan fingerprint density at radius 2 is 1.58 bits per heavy atom. The van der Waals surface area contributed by atoms with Crippen molar-refractivity contribution in [2.24, 2.45) is 5.41 Å². The molecule has 33 heavy (non-hydrogen) atoms. The van der Waals surface area contributed by atoms with E-state index < -0.39 is 27.3 Å². The van der Waals surface area contributed by atoms with E-state index in [0.29, 0.717) is 17.2 Å². The summed E-state index contributed by atoms with van der Waals surface area (Å²) >= 11 is 0. The summed E-state index contributed by atoms with van der Waals surface area (Å²) in [6.07, 6.45) is 1.80. The number of likely N-dealkylation sites (N-methyl/N-ethyl adjacent to an activating group) is 1. The maximum atomic E-state index is 13.7. The van der Waals surface area contributed by atoms with Crippen LogP contribution in [0.2, 0.25) is 0 Å². The van der Waals surface area contributed by atoms with E-state index in [9.17, 15) is 13.2 Å². The van der Waals surface area contributed by atoms with Crippen LogP contribution >= 0.6 is 0 Å². The van der Waals surface area contributed by atoms with Crippen molar-refractivity contribution in [1.29, 1.82) is 0 Å². The SMILES string of the molecule is COc1ccc(C2C(OC(C)=O)=CC(C(C)(C)C)=C2N(C)S(=O)(=O)c2ccc(C)cc2)cc1. The number of methoxy groups -OCH3 is 1. The van der Waals surface area contributed by atoms with Crippen molar-refractivity contribution >= 4 is 16.0 Å². The maximum Gasteiger partial charge on any atom is 0.307 e.